The fourth-order valence-electron chi connectivity index (χ4n) is 1.35. The van der Waals surface area contributed by atoms with E-state index in [1.54, 1.807) is 30.5 Å². The Bertz CT molecular complexity index is 480. The maximum absolute atomic E-state index is 12.8. The van der Waals surface area contributed by atoms with E-state index in [9.17, 15) is 9.18 Å². The van der Waals surface area contributed by atoms with Gasteiger partial charge in [0.2, 0.25) is 5.88 Å². The van der Waals surface area contributed by atoms with E-state index >= 15 is 0 Å². The number of esters is 1. The van der Waals surface area contributed by atoms with Gasteiger partial charge in [0.1, 0.15) is 5.82 Å². The Morgan fingerprint density at radius 1 is 1.31 bits per heavy atom. The summed E-state index contributed by atoms with van der Waals surface area (Å²) in [6.07, 6.45) is 1.71. The van der Waals surface area contributed by atoms with Crippen LogP contribution in [-0.4, -0.2) is 11.0 Å². The molecule has 0 aliphatic heterocycles. The van der Waals surface area contributed by atoms with Gasteiger partial charge in [-0.05, 0) is 23.8 Å². The van der Waals surface area contributed by atoms with Crippen LogP contribution in [0.5, 0.6) is 5.88 Å². The second kappa shape index (κ2) is 4.61. The first-order valence-corrected chi connectivity index (χ1v) is 4.82. The lowest BCUT2D eigenvalue weighted by atomic mass is 10.1. The van der Waals surface area contributed by atoms with Gasteiger partial charge in [-0.1, -0.05) is 12.1 Å². The average molecular weight is 219 g/mol. The molecule has 82 valence electrons. The van der Waals surface area contributed by atoms with Crippen molar-refractivity contribution < 1.29 is 13.9 Å². The first-order chi connectivity index (χ1) is 7.74. The minimum atomic E-state index is -0.423. The molecule has 0 bridgehead atoms. The Morgan fingerprint density at radius 3 is 2.88 bits per heavy atom. The van der Waals surface area contributed by atoms with Gasteiger partial charge < -0.3 is 9.72 Å². The van der Waals surface area contributed by atoms with Gasteiger partial charge >= 0.3 is 5.97 Å². The van der Waals surface area contributed by atoms with E-state index in [2.05, 4.69) is 4.98 Å². The van der Waals surface area contributed by atoms with Crippen molar-refractivity contribution in [3.8, 4) is 5.88 Å². The number of nitrogens with one attached hydrogen (secondary N) is 1. The molecule has 0 atom stereocenters. The summed E-state index contributed by atoms with van der Waals surface area (Å²) >= 11 is 0. The zero-order valence-electron chi connectivity index (χ0n) is 8.44. The minimum absolute atomic E-state index is 0.0524. The van der Waals surface area contributed by atoms with Crippen LogP contribution in [-0.2, 0) is 11.2 Å². The summed E-state index contributed by atoms with van der Waals surface area (Å²) in [5, 5.41) is 0. The molecule has 0 amide bonds. The van der Waals surface area contributed by atoms with Crippen LogP contribution >= 0.6 is 0 Å². The van der Waals surface area contributed by atoms with Crippen LogP contribution in [0.4, 0.5) is 4.39 Å². The molecule has 0 saturated heterocycles. The molecule has 0 spiro atoms. The molecule has 1 N–H and O–H groups in total. The third-order valence-electron chi connectivity index (χ3n) is 2.03. The monoisotopic (exact) mass is 219 g/mol. The third-order valence-corrected chi connectivity index (χ3v) is 2.03. The van der Waals surface area contributed by atoms with Gasteiger partial charge in [0.05, 0.1) is 6.42 Å². The maximum atomic E-state index is 12.8. The predicted molar refractivity (Wildman–Crippen MR) is 56.5 cm³/mol. The normalized spacial score (nSPS) is 10.1. The standard InChI is InChI=1S/C12H10FNO2/c13-10-4-1-3-9(7-10)8-12(15)16-11-5-2-6-14-11/h1-7,14H,8H2. The first-order valence-electron chi connectivity index (χ1n) is 4.82. The van der Waals surface area contributed by atoms with Crippen LogP contribution in [0.1, 0.15) is 5.56 Å². The number of carbonyl (C=O) groups excluding carboxylic acids is 1. The Labute approximate surface area is 91.9 Å². The Kier molecular flexibility index (Phi) is 3.00. The van der Waals surface area contributed by atoms with Crippen LogP contribution in [0.3, 0.4) is 0 Å². The van der Waals surface area contributed by atoms with Crippen molar-refractivity contribution in [3.05, 3.63) is 54.0 Å². The van der Waals surface area contributed by atoms with Crippen LogP contribution in [0.25, 0.3) is 0 Å². The number of hydrogen-bond acceptors (Lipinski definition) is 2. The lowest BCUT2D eigenvalue weighted by Gasteiger charge is -2.02. The van der Waals surface area contributed by atoms with Crippen molar-refractivity contribution in [2.75, 3.05) is 0 Å². The lowest BCUT2D eigenvalue weighted by Crippen LogP contribution is -2.11. The van der Waals surface area contributed by atoms with E-state index in [0.29, 0.717) is 11.4 Å². The molecule has 0 unspecified atom stereocenters. The molecule has 4 heteroatoms. The molecule has 1 aromatic heterocycles. The number of rotatable bonds is 3. The maximum Gasteiger partial charge on any atom is 0.316 e. The number of H-pyrrole nitrogens is 1. The number of ether oxygens (including phenoxy) is 1. The van der Waals surface area contributed by atoms with Crippen LogP contribution in [0.2, 0.25) is 0 Å². The number of carbonyl (C=O) groups is 1. The summed E-state index contributed by atoms with van der Waals surface area (Å²) < 4.78 is 17.8. The van der Waals surface area contributed by atoms with E-state index < -0.39 is 5.97 Å². The highest BCUT2D eigenvalue weighted by molar-refractivity contribution is 5.74. The van der Waals surface area contributed by atoms with Crippen LogP contribution in [0.15, 0.2) is 42.6 Å². The zero-order chi connectivity index (χ0) is 11.4. The molecule has 1 aromatic carbocycles. The van der Waals surface area contributed by atoms with Crippen molar-refractivity contribution >= 4 is 5.97 Å². The molecule has 0 aliphatic carbocycles. The fraction of sp³-hybridized carbons (Fsp3) is 0.0833. The molecule has 16 heavy (non-hydrogen) atoms. The third kappa shape index (κ3) is 2.70. The van der Waals surface area contributed by atoms with Crippen molar-refractivity contribution in [2.24, 2.45) is 0 Å². The van der Waals surface area contributed by atoms with Gasteiger partial charge in [0.15, 0.2) is 0 Å². The van der Waals surface area contributed by atoms with Crippen molar-refractivity contribution in [1.82, 2.24) is 4.98 Å². The van der Waals surface area contributed by atoms with E-state index in [4.69, 9.17) is 4.74 Å². The Balaban J connectivity index is 1.97. The SMILES string of the molecule is O=C(Cc1cccc(F)c1)Oc1ccc[nH]1. The van der Waals surface area contributed by atoms with Crippen molar-refractivity contribution in [2.45, 2.75) is 6.42 Å². The average Bonchev–Trinajstić information content (AvgIpc) is 2.70. The highest BCUT2D eigenvalue weighted by Crippen LogP contribution is 2.08. The van der Waals surface area contributed by atoms with Gasteiger partial charge in [0, 0.05) is 12.3 Å². The summed E-state index contributed by atoms with van der Waals surface area (Å²) in [6, 6.07) is 9.26. The minimum Gasteiger partial charge on any atom is -0.409 e. The van der Waals surface area contributed by atoms with Gasteiger partial charge in [-0.25, -0.2) is 4.39 Å². The molecule has 2 aromatic rings. The van der Waals surface area contributed by atoms with E-state index in [0.717, 1.165) is 0 Å². The molecule has 0 fully saturated rings. The second-order valence-corrected chi connectivity index (χ2v) is 3.32. The smallest absolute Gasteiger partial charge is 0.316 e. The lowest BCUT2D eigenvalue weighted by molar-refractivity contribution is -0.133. The van der Waals surface area contributed by atoms with E-state index in [1.165, 1.54) is 12.1 Å². The van der Waals surface area contributed by atoms with Gasteiger partial charge in [-0.15, -0.1) is 0 Å². The molecular formula is C12H10FNO2. The number of benzene rings is 1. The van der Waals surface area contributed by atoms with E-state index in [1.807, 2.05) is 0 Å². The quantitative estimate of drug-likeness (QED) is 0.805. The number of aromatic nitrogens is 1. The van der Waals surface area contributed by atoms with Crippen molar-refractivity contribution in [3.63, 3.8) is 0 Å². The topological polar surface area (TPSA) is 42.1 Å². The summed E-state index contributed by atoms with van der Waals surface area (Å²) in [6.45, 7) is 0. The summed E-state index contributed by atoms with van der Waals surface area (Å²) in [5.41, 5.74) is 0.594. The largest absolute Gasteiger partial charge is 0.409 e. The van der Waals surface area contributed by atoms with Gasteiger partial charge in [-0.3, -0.25) is 4.79 Å². The second-order valence-electron chi connectivity index (χ2n) is 3.32. The molecule has 0 saturated carbocycles. The summed E-state index contributed by atoms with van der Waals surface area (Å²) in [7, 11) is 0. The molecule has 0 aliphatic rings. The summed E-state index contributed by atoms with van der Waals surface area (Å²) in [4.78, 5) is 14.2. The molecule has 2 rings (SSSR count). The highest BCUT2D eigenvalue weighted by atomic mass is 19.1. The zero-order valence-corrected chi connectivity index (χ0v) is 8.44. The first kappa shape index (κ1) is 10.4. The Morgan fingerprint density at radius 2 is 2.19 bits per heavy atom. The summed E-state index contributed by atoms with van der Waals surface area (Å²) in [5.74, 6) is -0.389. The molecule has 0 radical (unpaired) electrons. The number of hydrogen-bond donors (Lipinski definition) is 1. The van der Waals surface area contributed by atoms with Gasteiger partial charge in [0.25, 0.3) is 0 Å². The molecular weight excluding hydrogens is 209 g/mol. The number of halogens is 1. The van der Waals surface area contributed by atoms with Crippen LogP contribution < -0.4 is 4.74 Å². The molecule has 3 nitrogen and oxygen atoms in total. The van der Waals surface area contributed by atoms with E-state index in [-0.39, 0.29) is 12.2 Å². The van der Waals surface area contributed by atoms with Crippen molar-refractivity contribution in [1.29, 1.82) is 0 Å². The fourth-order valence-corrected chi connectivity index (χ4v) is 1.35. The molecule has 1 heterocycles. The van der Waals surface area contributed by atoms with Crippen LogP contribution in [0, 0.1) is 5.82 Å². The van der Waals surface area contributed by atoms with Gasteiger partial charge in [-0.2, -0.15) is 0 Å². The number of aromatic amines is 1. The highest BCUT2D eigenvalue weighted by Gasteiger charge is 2.07. The predicted octanol–water partition coefficient (Wildman–Crippen LogP) is 2.30. The Hall–Kier alpha value is -2.10.